The Bertz CT molecular complexity index is 639. The monoisotopic (exact) mass is 347 g/mol. The Labute approximate surface area is 147 Å². The normalized spacial score (nSPS) is 14.7. The topological polar surface area (TPSA) is 61.6 Å². The molecule has 2 aromatic rings. The van der Waals surface area contributed by atoms with Crippen molar-refractivity contribution in [3.05, 3.63) is 52.2 Å². The smallest absolute Gasteiger partial charge is 0.329 e. The maximum atomic E-state index is 12.1. The van der Waals surface area contributed by atoms with Crippen LogP contribution in [0, 0.1) is 0 Å². The molecule has 0 amide bonds. The average Bonchev–Trinajstić information content (AvgIpc) is 3.09. The molecule has 0 fully saturated rings. The zero-order valence-corrected chi connectivity index (χ0v) is 15.3. The summed E-state index contributed by atoms with van der Waals surface area (Å²) >= 11 is 1.70. The summed E-state index contributed by atoms with van der Waals surface area (Å²) in [7, 11) is 1.35. The van der Waals surface area contributed by atoms with E-state index >= 15 is 0 Å². The molecule has 2 rings (SSSR count). The Hall–Kier alpha value is -1.85. The molecule has 24 heavy (non-hydrogen) atoms. The first-order valence-electron chi connectivity index (χ1n) is 8.13. The molecule has 0 spiro atoms. The van der Waals surface area contributed by atoms with Gasteiger partial charge in [0.05, 0.1) is 7.11 Å². The minimum Gasteiger partial charge on any atom is -0.488 e. The Kier molecular flexibility index (Phi) is 6.40. The molecule has 0 saturated heterocycles. The Balaban J connectivity index is 2.04. The van der Waals surface area contributed by atoms with Crippen molar-refractivity contribution in [3.63, 3.8) is 0 Å². The molecule has 5 heteroatoms. The van der Waals surface area contributed by atoms with Crippen LogP contribution in [0.1, 0.15) is 37.8 Å². The first-order valence-corrected chi connectivity index (χ1v) is 9.08. The molecule has 2 unspecified atom stereocenters. The molecule has 0 radical (unpaired) electrons. The molecule has 0 saturated carbocycles. The molecule has 2 atom stereocenters. The highest BCUT2D eigenvalue weighted by atomic mass is 32.1. The maximum Gasteiger partial charge on any atom is 0.329 e. The second kappa shape index (κ2) is 8.31. The molecular weight excluding hydrogens is 322 g/mol. The maximum absolute atomic E-state index is 12.1. The molecule has 0 aliphatic carbocycles. The van der Waals surface area contributed by atoms with Crippen molar-refractivity contribution < 1.29 is 14.3 Å². The molecule has 130 valence electrons. The van der Waals surface area contributed by atoms with Crippen LogP contribution in [-0.2, 0) is 16.0 Å². The fourth-order valence-electron chi connectivity index (χ4n) is 2.70. The zero-order chi connectivity index (χ0) is 17.6. The van der Waals surface area contributed by atoms with Crippen LogP contribution in [0.25, 0.3) is 0 Å². The average molecular weight is 347 g/mol. The van der Waals surface area contributed by atoms with E-state index in [1.807, 2.05) is 38.1 Å². The number of thiophene rings is 1. The minimum absolute atomic E-state index is 0.439. The molecule has 0 bridgehead atoms. The lowest BCUT2D eigenvalue weighted by Crippen LogP contribution is -2.58. The van der Waals surface area contributed by atoms with Crippen molar-refractivity contribution in [2.45, 2.75) is 44.8 Å². The van der Waals surface area contributed by atoms with Gasteiger partial charge in [-0.15, -0.1) is 0 Å². The summed E-state index contributed by atoms with van der Waals surface area (Å²) in [6, 6.07) is 10.0. The molecule has 1 aromatic heterocycles. The van der Waals surface area contributed by atoms with Crippen molar-refractivity contribution in [1.82, 2.24) is 0 Å². The number of methoxy groups -OCH3 is 1. The SMILES string of the molecule is CCCC(N)(C(=O)OC)C(C)Oc1ccc(Cc2ccsc2)cc1. The largest absolute Gasteiger partial charge is 0.488 e. The van der Waals surface area contributed by atoms with Gasteiger partial charge in [-0.3, -0.25) is 0 Å². The fraction of sp³-hybridized carbons (Fsp3) is 0.421. The van der Waals surface area contributed by atoms with Crippen molar-refractivity contribution in [3.8, 4) is 5.75 Å². The van der Waals surface area contributed by atoms with Crippen molar-refractivity contribution in [2.24, 2.45) is 5.73 Å². The third kappa shape index (κ3) is 4.36. The molecule has 4 nitrogen and oxygen atoms in total. The van der Waals surface area contributed by atoms with Crippen LogP contribution >= 0.6 is 11.3 Å². The van der Waals surface area contributed by atoms with Crippen molar-refractivity contribution >= 4 is 17.3 Å². The van der Waals surface area contributed by atoms with E-state index in [1.165, 1.54) is 18.2 Å². The van der Waals surface area contributed by atoms with Crippen LogP contribution in [0.15, 0.2) is 41.1 Å². The second-order valence-electron chi connectivity index (χ2n) is 5.99. The van der Waals surface area contributed by atoms with Gasteiger partial charge in [0.15, 0.2) is 5.54 Å². The first kappa shape index (κ1) is 18.5. The van der Waals surface area contributed by atoms with Crippen LogP contribution in [-0.4, -0.2) is 24.7 Å². The van der Waals surface area contributed by atoms with Crippen LogP contribution in [0.2, 0.25) is 0 Å². The summed E-state index contributed by atoms with van der Waals surface area (Å²) in [4.78, 5) is 12.1. The Morgan fingerprint density at radius 3 is 2.50 bits per heavy atom. The van der Waals surface area contributed by atoms with Crippen molar-refractivity contribution in [2.75, 3.05) is 7.11 Å². The van der Waals surface area contributed by atoms with Gasteiger partial charge in [-0.1, -0.05) is 25.5 Å². The number of rotatable bonds is 8. The minimum atomic E-state index is -1.14. The summed E-state index contributed by atoms with van der Waals surface area (Å²) in [5, 5.41) is 4.23. The number of ether oxygens (including phenoxy) is 2. The number of hydrogen-bond donors (Lipinski definition) is 1. The molecular formula is C19H25NO3S. The summed E-state index contributed by atoms with van der Waals surface area (Å²) in [5.74, 6) is 0.261. The van der Waals surface area contributed by atoms with E-state index < -0.39 is 17.6 Å². The summed E-state index contributed by atoms with van der Waals surface area (Å²) in [5.41, 5.74) is 7.65. The van der Waals surface area contributed by atoms with Gasteiger partial charge in [0.25, 0.3) is 0 Å². The zero-order valence-electron chi connectivity index (χ0n) is 14.5. The predicted octanol–water partition coefficient (Wildman–Crippen LogP) is 3.78. The van der Waals surface area contributed by atoms with E-state index in [1.54, 1.807) is 11.3 Å². The van der Waals surface area contributed by atoms with E-state index in [9.17, 15) is 4.79 Å². The van der Waals surface area contributed by atoms with Crippen LogP contribution in [0.3, 0.4) is 0 Å². The van der Waals surface area contributed by atoms with Gasteiger partial charge in [0.2, 0.25) is 0 Å². The standard InChI is InChI=1S/C19H25NO3S/c1-4-10-19(20,18(21)22-3)14(2)23-17-7-5-15(6-8-17)12-16-9-11-24-13-16/h5-9,11,13-14H,4,10,12,20H2,1-3H3. The third-order valence-electron chi connectivity index (χ3n) is 4.18. The van der Waals surface area contributed by atoms with E-state index in [0.29, 0.717) is 12.2 Å². The lowest BCUT2D eigenvalue weighted by molar-refractivity contribution is -0.151. The summed E-state index contributed by atoms with van der Waals surface area (Å²) < 4.78 is 10.8. The number of esters is 1. The number of carbonyl (C=O) groups excluding carboxylic acids is 1. The van der Waals surface area contributed by atoms with Gasteiger partial charge in [0, 0.05) is 0 Å². The van der Waals surface area contributed by atoms with E-state index in [4.69, 9.17) is 15.2 Å². The van der Waals surface area contributed by atoms with Gasteiger partial charge in [-0.05, 0) is 59.9 Å². The number of benzene rings is 1. The number of hydrogen-bond acceptors (Lipinski definition) is 5. The highest BCUT2D eigenvalue weighted by molar-refractivity contribution is 7.07. The van der Waals surface area contributed by atoms with Gasteiger partial charge >= 0.3 is 5.97 Å². The van der Waals surface area contributed by atoms with E-state index in [-0.39, 0.29) is 0 Å². The summed E-state index contributed by atoms with van der Waals surface area (Å²) in [6.45, 7) is 3.79. The molecule has 1 aromatic carbocycles. The first-order chi connectivity index (χ1) is 11.5. The Morgan fingerprint density at radius 1 is 1.25 bits per heavy atom. The van der Waals surface area contributed by atoms with Gasteiger partial charge in [0.1, 0.15) is 11.9 Å². The Morgan fingerprint density at radius 2 is 1.96 bits per heavy atom. The van der Waals surface area contributed by atoms with Crippen LogP contribution in [0.5, 0.6) is 5.75 Å². The number of carbonyl (C=O) groups is 1. The lowest BCUT2D eigenvalue weighted by atomic mass is 9.89. The molecule has 0 aliphatic heterocycles. The van der Waals surface area contributed by atoms with Gasteiger partial charge in [-0.25, -0.2) is 4.79 Å². The second-order valence-corrected chi connectivity index (χ2v) is 6.77. The lowest BCUT2D eigenvalue weighted by Gasteiger charge is -2.32. The van der Waals surface area contributed by atoms with E-state index in [2.05, 4.69) is 16.8 Å². The molecule has 2 N–H and O–H groups in total. The van der Waals surface area contributed by atoms with Gasteiger partial charge < -0.3 is 15.2 Å². The van der Waals surface area contributed by atoms with E-state index in [0.717, 1.165) is 12.8 Å². The van der Waals surface area contributed by atoms with Gasteiger partial charge in [-0.2, -0.15) is 11.3 Å². The highest BCUT2D eigenvalue weighted by Gasteiger charge is 2.41. The molecule has 0 aliphatic rings. The third-order valence-corrected chi connectivity index (χ3v) is 4.91. The highest BCUT2D eigenvalue weighted by Crippen LogP contribution is 2.23. The van der Waals surface area contributed by atoms with Crippen LogP contribution in [0.4, 0.5) is 0 Å². The van der Waals surface area contributed by atoms with Crippen LogP contribution < -0.4 is 10.5 Å². The number of nitrogens with two attached hydrogens (primary N) is 1. The predicted molar refractivity (Wildman–Crippen MR) is 97.5 cm³/mol. The van der Waals surface area contributed by atoms with Crippen molar-refractivity contribution in [1.29, 1.82) is 0 Å². The summed E-state index contributed by atoms with van der Waals surface area (Å²) in [6.07, 6.45) is 1.71. The quantitative estimate of drug-likeness (QED) is 0.738. The fourth-order valence-corrected chi connectivity index (χ4v) is 3.37. The molecule has 1 heterocycles.